The minimum Gasteiger partial charge on any atom is -0.467 e. The lowest BCUT2D eigenvalue weighted by Crippen LogP contribution is -2.25. The minimum atomic E-state index is -3.71. The van der Waals surface area contributed by atoms with Crippen molar-refractivity contribution in [3.63, 3.8) is 0 Å². The van der Waals surface area contributed by atoms with Crippen molar-refractivity contribution in [2.75, 3.05) is 14.2 Å². The molecule has 0 saturated carbocycles. The molecule has 10 heteroatoms. The molecule has 0 spiro atoms. The summed E-state index contributed by atoms with van der Waals surface area (Å²) in [6.07, 6.45) is 0. The van der Waals surface area contributed by atoms with Crippen molar-refractivity contribution in [3.8, 4) is 12.0 Å². The predicted octanol–water partition coefficient (Wildman–Crippen LogP) is 1.13. The van der Waals surface area contributed by atoms with E-state index in [-0.39, 0.29) is 29.3 Å². The molecule has 0 fully saturated rings. The zero-order valence-corrected chi connectivity index (χ0v) is 14.2. The first-order chi connectivity index (χ1) is 10.5. The van der Waals surface area contributed by atoms with Crippen LogP contribution in [0.3, 0.4) is 0 Å². The molecule has 1 aromatic heterocycles. The Morgan fingerprint density at radius 1 is 1.09 bits per heavy atom. The van der Waals surface area contributed by atoms with E-state index in [1.807, 2.05) is 0 Å². The highest BCUT2D eigenvalue weighted by Gasteiger charge is 2.18. The van der Waals surface area contributed by atoms with Gasteiger partial charge in [-0.3, -0.25) is 0 Å². The number of halogens is 1. The molecular formula is C12H13BrN4O4S. The van der Waals surface area contributed by atoms with Crippen LogP contribution in [0.25, 0.3) is 0 Å². The van der Waals surface area contributed by atoms with Crippen LogP contribution in [0.15, 0.2) is 33.6 Å². The molecule has 0 unspecified atom stereocenters. The van der Waals surface area contributed by atoms with Crippen LogP contribution >= 0.6 is 15.9 Å². The van der Waals surface area contributed by atoms with Crippen molar-refractivity contribution < 1.29 is 17.9 Å². The van der Waals surface area contributed by atoms with Crippen LogP contribution in [0.4, 0.5) is 0 Å². The van der Waals surface area contributed by atoms with Gasteiger partial charge in [0, 0.05) is 4.47 Å². The van der Waals surface area contributed by atoms with Gasteiger partial charge in [0.25, 0.3) is 0 Å². The highest BCUT2D eigenvalue weighted by Crippen LogP contribution is 2.21. The number of sulfonamides is 1. The number of nitrogens with one attached hydrogen (secondary N) is 1. The summed E-state index contributed by atoms with van der Waals surface area (Å²) in [7, 11) is -0.922. The monoisotopic (exact) mass is 388 g/mol. The third kappa shape index (κ3) is 3.90. The number of rotatable bonds is 6. The molecule has 1 aromatic carbocycles. The SMILES string of the molecule is COc1nc(CNS(=O)(=O)c2ccccc2Br)nc(OC)n1. The Bertz CT molecular complexity index is 747. The van der Waals surface area contributed by atoms with Crippen molar-refractivity contribution in [1.82, 2.24) is 19.7 Å². The highest BCUT2D eigenvalue weighted by atomic mass is 79.9. The Hall–Kier alpha value is -1.78. The Morgan fingerprint density at radius 2 is 1.68 bits per heavy atom. The summed E-state index contributed by atoms with van der Waals surface area (Å²) in [4.78, 5) is 11.9. The average molecular weight is 389 g/mol. The number of nitrogens with zero attached hydrogens (tertiary/aromatic N) is 3. The third-order valence-electron chi connectivity index (χ3n) is 2.55. The van der Waals surface area contributed by atoms with Gasteiger partial charge >= 0.3 is 12.0 Å². The van der Waals surface area contributed by atoms with E-state index in [1.165, 1.54) is 20.3 Å². The maximum absolute atomic E-state index is 12.3. The molecule has 8 nitrogen and oxygen atoms in total. The van der Waals surface area contributed by atoms with Crippen LogP contribution in [0.1, 0.15) is 5.82 Å². The van der Waals surface area contributed by atoms with Crippen LogP contribution in [0.5, 0.6) is 12.0 Å². The standard InChI is InChI=1S/C12H13BrN4O4S/c1-20-11-15-10(16-12(17-11)21-2)7-14-22(18,19)9-6-4-3-5-8(9)13/h3-6,14H,7H2,1-2H3. The first-order valence-electron chi connectivity index (χ1n) is 6.03. The molecule has 118 valence electrons. The van der Waals surface area contributed by atoms with E-state index in [4.69, 9.17) is 9.47 Å². The third-order valence-corrected chi connectivity index (χ3v) is 4.97. The first-order valence-corrected chi connectivity index (χ1v) is 8.31. The van der Waals surface area contributed by atoms with Gasteiger partial charge in [-0.2, -0.15) is 9.97 Å². The molecule has 1 N–H and O–H groups in total. The van der Waals surface area contributed by atoms with Gasteiger partial charge in [-0.1, -0.05) is 12.1 Å². The fraction of sp³-hybridized carbons (Fsp3) is 0.250. The van der Waals surface area contributed by atoms with Gasteiger partial charge in [-0.05, 0) is 28.1 Å². The topological polar surface area (TPSA) is 103 Å². The second kappa shape index (κ2) is 6.99. The van der Waals surface area contributed by atoms with E-state index in [2.05, 4.69) is 35.6 Å². The summed E-state index contributed by atoms with van der Waals surface area (Å²) in [5.41, 5.74) is 0. The number of benzene rings is 1. The van der Waals surface area contributed by atoms with E-state index in [9.17, 15) is 8.42 Å². The molecular weight excluding hydrogens is 376 g/mol. The summed E-state index contributed by atoms with van der Waals surface area (Å²) >= 11 is 3.20. The molecule has 0 amide bonds. The summed E-state index contributed by atoms with van der Waals surface area (Å²) in [5, 5.41) is 0. The largest absolute Gasteiger partial charge is 0.467 e. The predicted molar refractivity (Wildman–Crippen MR) is 81.1 cm³/mol. The molecule has 0 saturated heterocycles. The van der Waals surface area contributed by atoms with Crippen LogP contribution < -0.4 is 14.2 Å². The van der Waals surface area contributed by atoms with E-state index in [0.717, 1.165) is 0 Å². The van der Waals surface area contributed by atoms with Crippen LogP contribution in [0, 0.1) is 0 Å². The highest BCUT2D eigenvalue weighted by molar-refractivity contribution is 9.10. The molecule has 0 aliphatic rings. The Kier molecular flexibility index (Phi) is 5.27. The Labute approximate surface area is 136 Å². The molecule has 0 atom stereocenters. The Balaban J connectivity index is 2.21. The maximum Gasteiger partial charge on any atom is 0.322 e. The molecule has 2 rings (SSSR count). The number of methoxy groups -OCH3 is 2. The van der Waals surface area contributed by atoms with Crippen LogP contribution in [0.2, 0.25) is 0 Å². The quantitative estimate of drug-likeness (QED) is 0.790. The molecule has 22 heavy (non-hydrogen) atoms. The lowest BCUT2D eigenvalue weighted by molar-refractivity contribution is 0.336. The molecule has 0 bridgehead atoms. The van der Waals surface area contributed by atoms with Gasteiger partial charge in [-0.15, -0.1) is 4.98 Å². The molecule has 0 aliphatic heterocycles. The summed E-state index contributed by atoms with van der Waals surface area (Å²) in [6, 6.07) is 6.58. The minimum absolute atomic E-state index is 0.0435. The van der Waals surface area contributed by atoms with Crippen LogP contribution in [-0.4, -0.2) is 37.6 Å². The van der Waals surface area contributed by atoms with Gasteiger partial charge < -0.3 is 9.47 Å². The van der Waals surface area contributed by atoms with Crippen LogP contribution in [-0.2, 0) is 16.6 Å². The zero-order chi connectivity index (χ0) is 16.2. The van der Waals surface area contributed by atoms with Crippen molar-refractivity contribution in [1.29, 1.82) is 0 Å². The fourth-order valence-electron chi connectivity index (χ4n) is 1.54. The Morgan fingerprint density at radius 3 is 2.23 bits per heavy atom. The summed E-state index contributed by atoms with van der Waals surface area (Å²) in [6.45, 7) is -0.126. The molecule has 0 radical (unpaired) electrons. The lowest BCUT2D eigenvalue weighted by atomic mass is 10.4. The van der Waals surface area contributed by atoms with Gasteiger partial charge in [0.05, 0.1) is 25.7 Å². The second-order valence-corrected chi connectivity index (χ2v) is 6.57. The summed E-state index contributed by atoms with van der Waals surface area (Å²) < 4.78 is 37.2. The number of hydrogen-bond donors (Lipinski definition) is 1. The van der Waals surface area contributed by atoms with Crippen molar-refractivity contribution in [3.05, 3.63) is 34.6 Å². The number of aromatic nitrogens is 3. The van der Waals surface area contributed by atoms with E-state index in [0.29, 0.717) is 4.47 Å². The van der Waals surface area contributed by atoms with Crippen molar-refractivity contribution >= 4 is 26.0 Å². The first kappa shape index (κ1) is 16.6. The zero-order valence-electron chi connectivity index (χ0n) is 11.8. The smallest absolute Gasteiger partial charge is 0.322 e. The van der Waals surface area contributed by atoms with Gasteiger partial charge in [-0.25, -0.2) is 13.1 Å². The fourth-order valence-corrected chi connectivity index (χ4v) is 3.52. The molecule has 2 aromatic rings. The van der Waals surface area contributed by atoms with Gasteiger partial charge in [0.2, 0.25) is 10.0 Å². The molecule has 0 aliphatic carbocycles. The second-order valence-electron chi connectivity index (χ2n) is 3.98. The van der Waals surface area contributed by atoms with Gasteiger partial charge in [0.15, 0.2) is 5.82 Å². The molecule has 1 heterocycles. The van der Waals surface area contributed by atoms with Gasteiger partial charge in [0.1, 0.15) is 0 Å². The van der Waals surface area contributed by atoms with Crippen molar-refractivity contribution in [2.45, 2.75) is 11.4 Å². The lowest BCUT2D eigenvalue weighted by Gasteiger charge is -2.08. The average Bonchev–Trinajstić information content (AvgIpc) is 2.53. The van der Waals surface area contributed by atoms with E-state index >= 15 is 0 Å². The maximum atomic E-state index is 12.3. The summed E-state index contributed by atoms with van der Waals surface area (Å²) in [5.74, 6) is 0.180. The number of ether oxygens (including phenoxy) is 2. The van der Waals surface area contributed by atoms with E-state index in [1.54, 1.807) is 18.2 Å². The normalized spacial score (nSPS) is 11.2. The van der Waals surface area contributed by atoms with E-state index < -0.39 is 10.0 Å². The van der Waals surface area contributed by atoms with Crippen molar-refractivity contribution in [2.24, 2.45) is 0 Å². The number of hydrogen-bond acceptors (Lipinski definition) is 7.